The van der Waals surface area contributed by atoms with Crippen LogP contribution in [0.1, 0.15) is 38.3 Å². The van der Waals surface area contributed by atoms with Crippen LogP contribution in [0.4, 0.5) is 0 Å². The maximum atomic E-state index is 10.0. The summed E-state index contributed by atoms with van der Waals surface area (Å²) in [5.74, 6) is 0.591. The van der Waals surface area contributed by atoms with Crippen molar-refractivity contribution in [3.05, 3.63) is 32.7 Å². The molecule has 0 aromatic heterocycles. The molecule has 4 heteroatoms. The standard InChI is InChI=1S/C13H19Br2NO/c1-8(2)3-6-12(17)13(16)9-4-5-10(14)11(15)7-9/h4-5,7-8,12-13,17H,3,6,16H2,1-2H3/t12-,13+/m0/s1. The van der Waals surface area contributed by atoms with Gasteiger partial charge >= 0.3 is 0 Å². The molecule has 96 valence electrons. The Bertz CT molecular complexity index is 368. The number of halogens is 2. The molecule has 0 amide bonds. The van der Waals surface area contributed by atoms with Crippen LogP contribution in [-0.2, 0) is 0 Å². The summed E-state index contributed by atoms with van der Waals surface area (Å²) in [7, 11) is 0. The van der Waals surface area contributed by atoms with E-state index in [0.717, 1.165) is 27.4 Å². The normalized spacial score (nSPS) is 15.0. The van der Waals surface area contributed by atoms with Gasteiger partial charge in [0, 0.05) is 8.95 Å². The first kappa shape index (κ1) is 15.2. The molecule has 0 radical (unpaired) electrons. The van der Waals surface area contributed by atoms with Crippen LogP contribution in [-0.4, -0.2) is 11.2 Å². The second-order valence-corrected chi connectivity index (χ2v) is 6.45. The molecule has 1 aromatic carbocycles. The van der Waals surface area contributed by atoms with Crippen molar-refractivity contribution in [2.45, 2.75) is 38.8 Å². The number of hydrogen-bond donors (Lipinski definition) is 2. The largest absolute Gasteiger partial charge is 0.391 e. The van der Waals surface area contributed by atoms with Gasteiger partial charge in [-0.25, -0.2) is 0 Å². The predicted octanol–water partition coefficient (Wildman–Crippen LogP) is 4.01. The van der Waals surface area contributed by atoms with Gasteiger partial charge in [-0.15, -0.1) is 0 Å². The van der Waals surface area contributed by atoms with E-state index in [1.165, 1.54) is 0 Å². The monoisotopic (exact) mass is 363 g/mol. The molecule has 0 fully saturated rings. The molecule has 0 spiro atoms. The van der Waals surface area contributed by atoms with Crippen LogP contribution >= 0.6 is 31.9 Å². The average molecular weight is 365 g/mol. The summed E-state index contributed by atoms with van der Waals surface area (Å²) in [6.45, 7) is 4.29. The smallest absolute Gasteiger partial charge is 0.0732 e. The molecule has 1 aromatic rings. The zero-order valence-electron chi connectivity index (χ0n) is 10.2. The lowest BCUT2D eigenvalue weighted by molar-refractivity contribution is 0.128. The fourth-order valence-electron chi connectivity index (χ4n) is 1.63. The summed E-state index contributed by atoms with van der Waals surface area (Å²) >= 11 is 6.86. The Hall–Kier alpha value is 0.1000. The van der Waals surface area contributed by atoms with Gasteiger partial charge in [0.25, 0.3) is 0 Å². The topological polar surface area (TPSA) is 46.2 Å². The van der Waals surface area contributed by atoms with E-state index in [2.05, 4.69) is 45.7 Å². The molecular formula is C13H19Br2NO. The second-order valence-electron chi connectivity index (χ2n) is 4.74. The average Bonchev–Trinajstić information content (AvgIpc) is 2.28. The van der Waals surface area contributed by atoms with Gasteiger partial charge in [-0.3, -0.25) is 0 Å². The SMILES string of the molecule is CC(C)CC[C@H](O)[C@H](N)c1ccc(Br)c(Br)c1. The van der Waals surface area contributed by atoms with Crippen molar-refractivity contribution >= 4 is 31.9 Å². The van der Waals surface area contributed by atoms with Crippen molar-refractivity contribution in [1.29, 1.82) is 0 Å². The van der Waals surface area contributed by atoms with Gasteiger partial charge in [0.05, 0.1) is 12.1 Å². The minimum Gasteiger partial charge on any atom is -0.391 e. The summed E-state index contributed by atoms with van der Waals surface area (Å²) in [5, 5.41) is 10.0. The molecule has 0 heterocycles. The molecule has 2 nitrogen and oxygen atoms in total. The zero-order valence-corrected chi connectivity index (χ0v) is 13.3. The Morgan fingerprint density at radius 3 is 2.35 bits per heavy atom. The number of aliphatic hydroxyl groups excluding tert-OH is 1. The van der Waals surface area contributed by atoms with Crippen LogP contribution in [0.2, 0.25) is 0 Å². The van der Waals surface area contributed by atoms with E-state index < -0.39 is 6.10 Å². The highest BCUT2D eigenvalue weighted by Crippen LogP contribution is 2.27. The Kier molecular flexibility index (Phi) is 6.13. The third-order valence-corrected chi connectivity index (χ3v) is 4.66. The van der Waals surface area contributed by atoms with Crippen LogP contribution < -0.4 is 5.73 Å². The molecule has 3 N–H and O–H groups in total. The third kappa shape index (κ3) is 4.70. The van der Waals surface area contributed by atoms with Crippen LogP contribution in [0, 0.1) is 5.92 Å². The molecule has 17 heavy (non-hydrogen) atoms. The summed E-state index contributed by atoms with van der Waals surface area (Å²) in [5.41, 5.74) is 7.01. The first-order chi connectivity index (χ1) is 7.91. The van der Waals surface area contributed by atoms with Crippen molar-refractivity contribution in [1.82, 2.24) is 0 Å². The highest BCUT2D eigenvalue weighted by Gasteiger charge is 2.17. The molecule has 0 aliphatic carbocycles. The molecule has 0 saturated carbocycles. The highest BCUT2D eigenvalue weighted by atomic mass is 79.9. The Morgan fingerprint density at radius 1 is 1.18 bits per heavy atom. The van der Waals surface area contributed by atoms with Crippen LogP contribution in [0.3, 0.4) is 0 Å². The summed E-state index contributed by atoms with van der Waals surface area (Å²) in [6, 6.07) is 5.51. The van der Waals surface area contributed by atoms with Gasteiger partial charge in [0.15, 0.2) is 0 Å². The van der Waals surface area contributed by atoms with Gasteiger partial charge < -0.3 is 10.8 Å². The fraction of sp³-hybridized carbons (Fsp3) is 0.538. The lowest BCUT2D eigenvalue weighted by Crippen LogP contribution is -2.26. The summed E-state index contributed by atoms with van der Waals surface area (Å²) < 4.78 is 1.95. The van der Waals surface area contributed by atoms with Crippen molar-refractivity contribution in [3.63, 3.8) is 0 Å². The minimum absolute atomic E-state index is 0.321. The van der Waals surface area contributed by atoms with Crippen LogP contribution in [0.5, 0.6) is 0 Å². The van der Waals surface area contributed by atoms with Gasteiger partial charge in [0.2, 0.25) is 0 Å². The number of benzene rings is 1. The van der Waals surface area contributed by atoms with Gasteiger partial charge in [-0.2, -0.15) is 0 Å². The number of rotatable bonds is 5. The zero-order chi connectivity index (χ0) is 13.0. The van der Waals surface area contributed by atoms with E-state index in [4.69, 9.17) is 5.73 Å². The van der Waals surface area contributed by atoms with Crippen molar-refractivity contribution in [3.8, 4) is 0 Å². The first-order valence-electron chi connectivity index (χ1n) is 5.80. The molecule has 1 rings (SSSR count). The second kappa shape index (κ2) is 6.88. The summed E-state index contributed by atoms with van der Waals surface area (Å²) in [4.78, 5) is 0. The first-order valence-corrected chi connectivity index (χ1v) is 7.39. The maximum absolute atomic E-state index is 10.0. The molecule has 0 bridgehead atoms. The molecule has 0 unspecified atom stereocenters. The summed E-state index contributed by atoms with van der Waals surface area (Å²) in [6.07, 6.45) is 1.25. The third-order valence-electron chi connectivity index (χ3n) is 2.78. The molecule has 2 atom stereocenters. The number of aliphatic hydroxyl groups is 1. The Morgan fingerprint density at radius 2 is 1.82 bits per heavy atom. The van der Waals surface area contributed by atoms with Crippen molar-refractivity contribution in [2.24, 2.45) is 11.7 Å². The quantitative estimate of drug-likeness (QED) is 0.829. The minimum atomic E-state index is -0.481. The fourth-order valence-corrected chi connectivity index (χ4v) is 2.27. The van der Waals surface area contributed by atoms with E-state index in [1.807, 2.05) is 18.2 Å². The molecule has 0 saturated heterocycles. The van der Waals surface area contributed by atoms with Crippen LogP contribution in [0.15, 0.2) is 27.1 Å². The maximum Gasteiger partial charge on any atom is 0.0732 e. The number of hydrogen-bond acceptors (Lipinski definition) is 2. The number of nitrogens with two attached hydrogens (primary N) is 1. The van der Waals surface area contributed by atoms with Gasteiger partial charge in [-0.1, -0.05) is 19.9 Å². The highest BCUT2D eigenvalue weighted by molar-refractivity contribution is 9.13. The molecule has 0 aliphatic rings. The van der Waals surface area contributed by atoms with Gasteiger partial charge in [0.1, 0.15) is 0 Å². The lowest BCUT2D eigenvalue weighted by Gasteiger charge is -2.20. The van der Waals surface area contributed by atoms with Crippen molar-refractivity contribution in [2.75, 3.05) is 0 Å². The lowest BCUT2D eigenvalue weighted by atomic mass is 9.96. The molecular weight excluding hydrogens is 346 g/mol. The van der Waals surface area contributed by atoms with Gasteiger partial charge in [-0.05, 0) is 68.3 Å². The van der Waals surface area contributed by atoms with Crippen molar-refractivity contribution < 1.29 is 5.11 Å². The Labute approximate surface area is 120 Å². The van der Waals surface area contributed by atoms with E-state index in [-0.39, 0.29) is 6.04 Å². The van der Waals surface area contributed by atoms with E-state index in [9.17, 15) is 5.11 Å². The van der Waals surface area contributed by atoms with E-state index in [1.54, 1.807) is 0 Å². The molecule has 0 aliphatic heterocycles. The predicted molar refractivity (Wildman–Crippen MR) is 78.8 cm³/mol. The van der Waals surface area contributed by atoms with E-state index in [0.29, 0.717) is 5.92 Å². The van der Waals surface area contributed by atoms with Crippen LogP contribution in [0.25, 0.3) is 0 Å². The Balaban J connectivity index is 2.67. The van der Waals surface area contributed by atoms with E-state index >= 15 is 0 Å².